The third kappa shape index (κ3) is 6.99. The Bertz CT molecular complexity index is 1570. The summed E-state index contributed by atoms with van der Waals surface area (Å²) in [7, 11) is 5.35. The molecule has 4 aromatic rings. The predicted molar refractivity (Wildman–Crippen MR) is 166 cm³/mol. The number of hydrogen-bond donors (Lipinski definition) is 0. The van der Waals surface area contributed by atoms with E-state index in [0.29, 0.717) is 34.9 Å². The van der Waals surface area contributed by atoms with Crippen LogP contribution in [0.15, 0.2) is 109 Å². The molecule has 0 aliphatic carbocycles. The second kappa shape index (κ2) is 13.9. The summed E-state index contributed by atoms with van der Waals surface area (Å²) in [6, 6.07) is 29.9. The number of methoxy groups -OCH3 is 1. The second-order valence-electron chi connectivity index (χ2n) is 9.30. The number of anilines is 2. The highest BCUT2D eigenvalue weighted by Crippen LogP contribution is 2.33. The molecule has 0 spiro atoms. The van der Waals surface area contributed by atoms with Crippen molar-refractivity contribution in [2.24, 2.45) is 0 Å². The number of nitrogens with zero attached hydrogens (tertiary/aromatic N) is 2. The zero-order valence-electron chi connectivity index (χ0n) is 23.8. The van der Waals surface area contributed by atoms with Gasteiger partial charge in [0.25, 0.3) is 0 Å². The number of rotatable bonds is 12. The van der Waals surface area contributed by atoms with Gasteiger partial charge in [-0.3, -0.25) is 14.6 Å². The van der Waals surface area contributed by atoms with Crippen molar-refractivity contribution < 1.29 is 19.1 Å². The summed E-state index contributed by atoms with van der Waals surface area (Å²) in [6.45, 7) is 2.46. The molecule has 0 saturated carbocycles. The zero-order chi connectivity index (χ0) is 29.2. The molecule has 0 fully saturated rings. The van der Waals surface area contributed by atoms with Gasteiger partial charge in [-0.25, -0.2) is 5.01 Å². The topological polar surface area (TPSA) is 59.1 Å². The molecule has 208 valence electrons. The lowest BCUT2D eigenvalue weighted by atomic mass is 10.0. The van der Waals surface area contributed by atoms with Crippen molar-refractivity contribution in [3.63, 3.8) is 0 Å². The van der Waals surface area contributed by atoms with Crippen molar-refractivity contribution in [3.8, 4) is 11.5 Å². The molecule has 0 N–H and O–H groups in total. The van der Waals surface area contributed by atoms with Crippen molar-refractivity contribution in [2.45, 2.75) is 6.92 Å². The summed E-state index contributed by atoms with van der Waals surface area (Å²) in [5.41, 5.74) is 3.92. The fourth-order valence-corrected chi connectivity index (χ4v) is 4.51. The third-order valence-corrected chi connectivity index (χ3v) is 6.38. The Morgan fingerprint density at radius 3 is 1.59 bits per heavy atom. The lowest BCUT2D eigenvalue weighted by Gasteiger charge is -2.33. The van der Waals surface area contributed by atoms with E-state index in [4.69, 9.17) is 9.47 Å². The lowest BCUT2D eigenvalue weighted by molar-refractivity contribution is 0.104. The quantitative estimate of drug-likeness (QED) is 0.104. The molecule has 0 aromatic heterocycles. The Balaban J connectivity index is 1.70. The van der Waals surface area contributed by atoms with Crippen molar-refractivity contribution in [3.05, 3.63) is 131 Å². The average molecular weight is 547 g/mol. The maximum atomic E-state index is 13.5. The number of carbonyl (C=O) groups is 2. The van der Waals surface area contributed by atoms with Gasteiger partial charge >= 0.3 is 0 Å². The molecule has 0 radical (unpaired) electrons. The number of hydrazine groups is 1. The lowest BCUT2D eigenvalue weighted by Crippen LogP contribution is -2.34. The van der Waals surface area contributed by atoms with Crippen LogP contribution in [0.5, 0.6) is 11.5 Å². The Kier molecular flexibility index (Phi) is 9.86. The van der Waals surface area contributed by atoms with Crippen molar-refractivity contribution in [1.29, 1.82) is 0 Å². The molecule has 0 saturated heterocycles. The molecule has 0 heterocycles. The van der Waals surface area contributed by atoms with Crippen LogP contribution in [-0.2, 0) is 0 Å². The molecule has 4 rings (SSSR count). The summed E-state index contributed by atoms with van der Waals surface area (Å²) in [6.07, 6.45) is 6.61. The molecule has 4 aromatic carbocycles. The first-order chi connectivity index (χ1) is 19.9. The van der Waals surface area contributed by atoms with Crippen LogP contribution < -0.4 is 14.5 Å². The molecule has 0 bridgehead atoms. The average Bonchev–Trinajstić information content (AvgIpc) is 3.00. The maximum Gasteiger partial charge on any atom is 0.188 e. The van der Waals surface area contributed by atoms with Gasteiger partial charge in [0.2, 0.25) is 0 Å². The Morgan fingerprint density at radius 2 is 1.10 bits per heavy atom. The Hall–Kier alpha value is -4.94. The maximum absolute atomic E-state index is 13.5. The summed E-state index contributed by atoms with van der Waals surface area (Å²) in [4.78, 5) is 27.0. The summed E-state index contributed by atoms with van der Waals surface area (Å²) in [5.74, 6) is 1.06. The van der Waals surface area contributed by atoms with Gasteiger partial charge in [-0.2, -0.15) is 0 Å². The van der Waals surface area contributed by atoms with E-state index in [0.717, 1.165) is 16.9 Å². The van der Waals surface area contributed by atoms with Crippen LogP contribution in [0.3, 0.4) is 0 Å². The number of ketones is 2. The molecular formula is C35H34N2O4. The van der Waals surface area contributed by atoms with E-state index in [2.05, 4.69) is 0 Å². The monoisotopic (exact) mass is 546 g/mol. The molecule has 6 heteroatoms. The van der Waals surface area contributed by atoms with E-state index >= 15 is 0 Å². The van der Waals surface area contributed by atoms with Gasteiger partial charge in [0, 0.05) is 36.3 Å². The smallest absolute Gasteiger partial charge is 0.188 e. The summed E-state index contributed by atoms with van der Waals surface area (Å²) >= 11 is 0. The third-order valence-electron chi connectivity index (χ3n) is 6.38. The normalized spacial score (nSPS) is 11.2. The van der Waals surface area contributed by atoms with Crippen LogP contribution in [0.1, 0.15) is 38.8 Å². The van der Waals surface area contributed by atoms with Crippen LogP contribution in [0.2, 0.25) is 0 Å². The van der Waals surface area contributed by atoms with Gasteiger partial charge in [-0.05, 0) is 67.6 Å². The fraction of sp³-hybridized carbons (Fsp3) is 0.143. The first-order valence-corrected chi connectivity index (χ1v) is 13.4. The minimum atomic E-state index is -0.172. The predicted octanol–water partition coefficient (Wildman–Crippen LogP) is 7.50. The highest BCUT2D eigenvalue weighted by molar-refractivity contribution is 6.13. The summed E-state index contributed by atoms with van der Waals surface area (Å²) in [5, 5.41) is 3.73. The number of para-hydroxylation sites is 4. The van der Waals surface area contributed by atoms with Crippen LogP contribution in [0.4, 0.5) is 11.4 Å². The molecule has 0 atom stereocenters. The van der Waals surface area contributed by atoms with Crippen molar-refractivity contribution in [1.82, 2.24) is 5.01 Å². The Morgan fingerprint density at radius 1 is 0.659 bits per heavy atom. The Labute approximate surface area is 241 Å². The van der Waals surface area contributed by atoms with Crippen LogP contribution >= 0.6 is 0 Å². The minimum absolute atomic E-state index is 0.168. The van der Waals surface area contributed by atoms with Crippen LogP contribution in [0, 0.1) is 0 Å². The molecule has 41 heavy (non-hydrogen) atoms. The molecular weight excluding hydrogens is 512 g/mol. The van der Waals surface area contributed by atoms with E-state index in [1.165, 1.54) is 0 Å². The molecule has 0 aliphatic rings. The van der Waals surface area contributed by atoms with Crippen molar-refractivity contribution >= 4 is 35.1 Å². The summed E-state index contributed by atoms with van der Waals surface area (Å²) < 4.78 is 11.1. The molecule has 0 unspecified atom stereocenters. The number of allylic oxidation sites excluding steroid dienone is 2. The number of benzene rings is 4. The number of carbonyl (C=O) groups excluding carboxylic acids is 2. The largest absolute Gasteiger partial charge is 0.496 e. The van der Waals surface area contributed by atoms with Crippen molar-refractivity contribution in [2.75, 3.05) is 32.8 Å². The standard InChI is InChI=1S/C35H34N2O4/c1-5-41-35-21-13-7-15-27(35)23-25-33(39)29-17-9-11-19-31(29)37(36(2)3)30-18-10-8-16-28(30)32(38)24-22-26-14-6-12-20-34(26)40-4/h6-25H,5H2,1-4H3. The van der Waals surface area contributed by atoms with E-state index in [-0.39, 0.29) is 11.6 Å². The van der Waals surface area contributed by atoms with E-state index in [9.17, 15) is 9.59 Å². The second-order valence-corrected chi connectivity index (χ2v) is 9.30. The number of hydrogen-bond acceptors (Lipinski definition) is 6. The molecule has 0 aliphatic heterocycles. The number of ether oxygens (including phenoxy) is 2. The van der Waals surface area contributed by atoms with Gasteiger partial charge in [0.1, 0.15) is 11.5 Å². The minimum Gasteiger partial charge on any atom is -0.496 e. The SMILES string of the molecule is CCOc1ccccc1C=CC(=O)c1ccccc1N(c1ccccc1C(=O)C=Cc1ccccc1OC)N(C)C. The van der Waals surface area contributed by atoms with Gasteiger partial charge in [-0.1, -0.05) is 60.7 Å². The highest BCUT2D eigenvalue weighted by atomic mass is 16.5. The first kappa shape index (κ1) is 29.1. The zero-order valence-corrected chi connectivity index (χ0v) is 23.8. The van der Waals surface area contributed by atoms with Gasteiger partial charge in [0.05, 0.1) is 25.1 Å². The van der Waals surface area contributed by atoms with Crippen LogP contribution in [-0.4, -0.2) is 44.4 Å². The van der Waals surface area contributed by atoms with E-state index < -0.39 is 0 Å². The van der Waals surface area contributed by atoms with E-state index in [1.54, 1.807) is 43.5 Å². The van der Waals surface area contributed by atoms with Gasteiger partial charge in [0.15, 0.2) is 11.6 Å². The van der Waals surface area contributed by atoms with Gasteiger partial charge in [-0.15, -0.1) is 0 Å². The first-order valence-electron chi connectivity index (χ1n) is 13.4. The highest BCUT2D eigenvalue weighted by Gasteiger charge is 2.22. The van der Waals surface area contributed by atoms with E-state index in [1.807, 2.05) is 116 Å². The fourth-order valence-electron chi connectivity index (χ4n) is 4.51. The molecule has 6 nitrogen and oxygen atoms in total. The van der Waals surface area contributed by atoms with Crippen LogP contribution in [0.25, 0.3) is 12.2 Å². The van der Waals surface area contributed by atoms with Gasteiger partial charge < -0.3 is 9.47 Å². The molecule has 0 amide bonds.